The summed E-state index contributed by atoms with van der Waals surface area (Å²) in [5.41, 5.74) is 2.68. The van der Waals surface area contributed by atoms with Crippen molar-refractivity contribution in [2.75, 3.05) is 24.8 Å². The number of ether oxygens (including phenoxy) is 2. The zero-order valence-electron chi connectivity index (χ0n) is 18.5. The third-order valence-electron chi connectivity index (χ3n) is 5.14. The summed E-state index contributed by atoms with van der Waals surface area (Å²) in [6.45, 7) is 2.43. The van der Waals surface area contributed by atoms with Gasteiger partial charge in [0.25, 0.3) is 0 Å². The molecule has 10 heteroatoms. The minimum absolute atomic E-state index is 0.0957. The summed E-state index contributed by atoms with van der Waals surface area (Å²) < 4.78 is 18.7. The summed E-state index contributed by atoms with van der Waals surface area (Å²) in [7, 11) is 1.57. The van der Waals surface area contributed by atoms with E-state index in [0.717, 1.165) is 16.4 Å². The average molecular weight is 476 g/mol. The summed E-state index contributed by atoms with van der Waals surface area (Å²) in [6, 6.07) is 18.9. The van der Waals surface area contributed by atoms with Crippen molar-refractivity contribution in [2.45, 2.75) is 12.1 Å². The molecule has 0 aliphatic rings. The summed E-state index contributed by atoms with van der Waals surface area (Å²) in [5.74, 6) is 1.07. The maximum absolute atomic E-state index is 12.8. The summed E-state index contributed by atoms with van der Waals surface area (Å²) in [5, 5.41) is 17.2. The van der Waals surface area contributed by atoms with Crippen molar-refractivity contribution < 1.29 is 18.7 Å². The van der Waals surface area contributed by atoms with Crippen LogP contribution in [0.4, 0.5) is 5.69 Å². The van der Waals surface area contributed by atoms with Gasteiger partial charge in [0.2, 0.25) is 11.1 Å². The topological polar surface area (TPSA) is 104 Å². The van der Waals surface area contributed by atoms with Gasteiger partial charge in [0.05, 0.1) is 25.2 Å². The standard InChI is InChI=1S/C24H21N5O4S/c1-3-32-20-11-7-5-9-18(20)29-24(26-27-28-29)34-14-23(30)25-17-13-21-16(12-22(17)31-2)15-8-4-6-10-19(15)33-21/h4-13H,3,14H2,1-2H3,(H,25,30). The van der Waals surface area contributed by atoms with Gasteiger partial charge in [0.1, 0.15) is 28.4 Å². The van der Waals surface area contributed by atoms with Crippen LogP contribution in [0.3, 0.4) is 0 Å². The van der Waals surface area contributed by atoms with Gasteiger partial charge in [-0.3, -0.25) is 4.79 Å². The molecule has 5 rings (SSSR count). The molecule has 0 unspecified atom stereocenters. The monoisotopic (exact) mass is 475 g/mol. The van der Waals surface area contributed by atoms with Crippen LogP contribution in [-0.2, 0) is 4.79 Å². The van der Waals surface area contributed by atoms with Crippen LogP contribution in [-0.4, -0.2) is 45.6 Å². The molecular formula is C24H21N5O4S. The molecule has 0 bridgehead atoms. The van der Waals surface area contributed by atoms with Crippen LogP contribution in [0.1, 0.15) is 6.92 Å². The molecule has 0 atom stereocenters. The number of hydrogen-bond donors (Lipinski definition) is 1. The number of benzene rings is 3. The number of amides is 1. The number of para-hydroxylation sites is 3. The molecule has 5 aromatic rings. The molecule has 0 spiro atoms. The van der Waals surface area contributed by atoms with Crippen molar-refractivity contribution in [3.8, 4) is 17.2 Å². The first kappa shape index (κ1) is 21.8. The molecular weight excluding hydrogens is 454 g/mol. The quantitative estimate of drug-likeness (QED) is 0.322. The first-order valence-corrected chi connectivity index (χ1v) is 11.6. The Kier molecular flexibility index (Phi) is 6.05. The number of anilines is 1. The minimum Gasteiger partial charge on any atom is -0.495 e. The van der Waals surface area contributed by atoms with E-state index in [-0.39, 0.29) is 11.7 Å². The molecule has 0 aliphatic carbocycles. The van der Waals surface area contributed by atoms with E-state index in [1.807, 2.05) is 61.5 Å². The fourth-order valence-electron chi connectivity index (χ4n) is 3.66. The Bertz CT molecular complexity index is 1480. The third-order valence-corrected chi connectivity index (χ3v) is 6.06. The van der Waals surface area contributed by atoms with Crippen molar-refractivity contribution in [1.82, 2.24) is 20.2 Å². The van der Waals surface area contributed by atoms with E-state index in [4.69, 9.17) is 13.9 Å². The predicted octanol–water partition coefficient (Wildman–Crippen LogP) is 4.70. The molecule has 0 aliphatic heterocycles. The summed E-state index contributed by atoms with van der Waals surface area (Å²) in [6.07, 6.45) is 0. The van der Waals surface area contributed by atoms with E-state index in [1.165, 1.54) is 11.8 Å². The fourth-order valence-corrected chi connectivity index (χ4v) is 4.35. The van der Waals surface area contributed by atoms with Crippen molar-refractivity contribution in [2.24, 2.45) is 0 Å². The lowest BCUT2D eigenvalue weighted by atomic mass is 10.1. The molecule has 0 saturated carbocycles. The van der Waals surface area contributed by atoms with Crippen molar-refractivity contribution in [3.63, 3.8) is 0 Å². The smallest absolute Gasteiger partial charge is 0.234 e. The maximum Gasteiger partial charge on any atom is 0.234 e. The minimum atomic E-state index is -0.230. The number of carbonyl (C=O) groups is 1. The second-order valence-electron chi connectivity index (χ2n) is 7.26. The van der Waals surface area contributed by atoms with Gasteiger partial charge in [-0.15, -0.1) is 5.10 Å². The predicted molar refractivity (Wildman–Crippen MR) is 130 cm³/mol. The van der Waals surface area contributed by atoms with Crippen LogP contribution in [0, 0.1) is 0 Å². The fraction of sp³-hybridized carbons (Fsp3) is 0.167. The van der Waals surface area contributed by atoms with Crippen molar-refractivity contribution in [3.05, 3.63) is 60.7 Å². The molecule has 1 N–H and O–H groups in total. The lowest BCUT2D eigenvalue weighted by molar-refractivity contribution is -0.113. The first-order valence-electron chi connectivity index (χ1n) is 10.6. The molecule has 2 aromatic heterocycles. The van der Waals surface area contributed by atoms with Crippen LogP contribution in [0.2, 0.25) is 0 Å². The summed E-state index contributed by atoms with van der Waals surface area (Å²) in [4.78, 5) is 12.8. The number of carbonyl (C=O) groups excluding carboxylic acids is 1. The number of fused-ring (bicyclic) bond motifs is 3. The zero-order chi connectivity index (χ0) is 23.5. The van der Waals surface area contributed by atoms with E-state index in [1.54, 1.807) is 17.9 Å². The Morgan fingerprint density at radius 3 is 2.74 bits per heavy atom. The SMILES string of the molecule is CCOc1ccccc1-n1nnnc1SCC(=O)Nc1cc2oc3ccccc3c2cc1OC. The molecule has 1 amide bonds. The Morgan fingerprint density at radius 1 is 1.06 bits per heavy atom. The lowest BCUT2D eigenvalue weighted by Gasteiger charge is -2.11. The number of hydrogen-bond acceptors (Lipinski definition) is 8. The number of aromatic nitrogens is 4. The van der Waals surface area contributed by atoms with E-state index >= 15 is 0 Å². The van der Waals surface area contributed by atoms with Crippen molar-refractivity contribution in [1.29, 1.82) is 0 Å². The molecule has 2 heterocycles. The highest BCUT2D eigenvalue weighted by Gasteiger charge is 2.17. The van der Waals surface area contributed by atoms with E-state index in [2.05, 4.69) is 20.8 Å². The van der Waals surface area contributed by atoms with Gasteiger partial charge in [-0.05, 0) is 41.6 Å². The van der Waals surface area contributed by atoms with Gasteiger partial charge in [0, 0.05) is 16.8 Å². The molecule has 0 radical (unpaired) electrons. The van der Waals surface area contributed by atoms with Gasteiger partial charge in [-0.1, -0.05) is 42.1 Å². The second-order valence-corrected chi connectivity index (χ2v) is 8.20. The van der Waals surface area contributed by atoms with Gasteiger partial charge in [-0.2, -0.15) is 4.68 Å². The molecule has 172 valence electrons. The number of nitrogens with one attached hydrogen (secondary N) is 1. The summed E-state index contributed by atoms with van der Waals surface area (Å²) >= 11 is 1.22. The van der Waals surface area contributed by atoms with Crippen LogP contribution >= 0.6 is 11.8 Å². The first-order chi connectivity index (χ1) is 16.7. The number of furan rings is 1. The molecule has 0 fully saturated rings. The van der Waals surface area contributed by atoms with Crippen molar-refractivity contribution >= 4 is 45.3 Å². The normalized spacial score (nSPS) is 11.1. The van der Waals surface area contributed by atoms with E-state index < -0.39 is 0 Å². The highest BCUT2D eigenvalue weighted by molar-refractivity contribution is 7.99. The van der Waals surface area contributed by atoms with Crippen LogP contribution < -0.4 is 14.8 Å². The highest BCUT2D eigenvalue weighted by Crippen LogP contribution is 2.36. The lowest BCUT2D eigenvalue weighted by Crippen LogP contribution is -2.15. The molecule has 34 heavy (non-hydrogen) atoms. The van der Waals surface area contributed by atoms with Gasteiger partial charge in [0.15, 0.2) is 0 Å². The number of methoxy groups -OCH3 is 1. The molecule has 9 nitrogen and oxygen atoms in total. The van der Waals surface area contributed by atoms with Gasteiger partial charge in [-0.25, -0.2) is 0 Å². The van der Waals surface area contributed by atoms with E-state index in [0.29, 0.717) is 40.2 Å². The number of rotatable bonds is 8. The van der Waals surface area contributed by atoms with Gasteiger partial charge < -0.3 is 19.2 Å². The van der Waals surface area contributed by atoms with E-state index in [9.17, 15) is 4.79 Å². The third kappa shape index (κ3) is 4.15. The van der Waals surface area contributed by atoms with Gasteiger partial charge >= 0.3 is 0 Å². The second kappa shape index (κ2) is 9.44. The zero-order valence-corrected chi connectivity index (χ0v) is 19.3. The number of tetrazole rings is 1. The van der Waals surface area contributed by atoms with Crippen LogP contribution in [0.15, 0.2) is 70.2 Å². The Morgan fingerprint density at radius 2 is 1.88 bits per heavy atom. The Balaban J connectivity index is 1.34. The van der Waals surface area contributed by atoms with Crippen LogP contribution in [0.25, 0.3) is 27.6 Å². The molecule has 3 aromatic carbocycles. The number of thioether (sulfide) groups is 1. The van der Waals surface area contributed by atoms with Crippen LogP contribution in [0.5, 0.6) is 11.5 Å². The number of nitrogens with zero attached hydrogens (tertiary/aromatic N) is 4. The average Bonchev–Trinajstić information content (AvgIpc) is 3.47. The maximum atomic E-state index is 12.8. The Labute approximate surface area is 199 Å². The molecule has 0 saturated heterocycles. The highest BCUT2D eigenvalue weighted by atomic mass is 32.2. The Hall–Kier alpha value is -4.05. The largest absolute Gasteiger partial charge is 0.495 e.